The molecule has 0 radical (unpaired) electrons. The quantitative estimate of drug-likeness (QED) is 0.854. The number of nitrogens with zero attached hydrogens (tertiary/aromatic N) is 3. The lowest BCUT2D eigenvalue weighted by atomic mass is 10.3. The summed E-state index contributed by atoms with van der Waals surface area (Å²) >= 11 is 1.39. The van der Waals surface area contributed by atoms with Crippen LogP contribution < -0.4 is 5.32 Å². The van der Waals surface area contributed by atoms with Crippen molar-refractivity contribution < 1.29 is 4.42 Å². The summed E-state index contributed by atoms with van der Waals surface area (Å²) in [4.78, 5) is 2.26. The maximum Gasteiger partial charge on any atom is 0.134 e. The maximum absolute atomic E-state index is 5.35. The summed E-state index contributed by atoms with van der Waals surface area (Å²) in [6, 6.07) is 3.90. The van der Waals surface area contributed by atoms with Crippen molar-refractivity contribution in [2.75, 3.05) is 18.9 Å². The van der Waals surface area contributed by atoms with Crippen LogP contribution in [0.2, 0.25) is 0 Å². The minimum Gasteiger partial charge on any atom is -0.468 e. The lowest BCUT2D eigenvalue weighted by Gasteiger charge is -2.17. The average molecular weight is 252 g/mol. The Bertz CT molecular complexity index is 440. The molecule has 2 rings (SSSR count). The molecule has 5 nitrogen and oxygen atoms in total. The molecule has 0 aliphatic heterocycles. The normalized spacial score (nSPS) is 11.0. The molecule has 0 aromatic carbocycles. The SMILES string of the molecule is CCN(Cc1ccco1)Cc1nnsc1NC. The number of anilines is 1. The minimum absolute atomic E-state index is 0.782. The molecule has 2 aromatic rings. The number of nitrogens with one attached hydrogen (secondary N) is 1. The standard InChI is InChI=1S/C11H16N4OS/c1-3-15(7-9-5-4-6-16-9)8-10-11(12-2)17-14-13-10/h4-6,12H,3,7-8H2,1-2H3. The van der Waals surface area contributed by atoms with Crippen LogP contribution in [0.4, 0.5) is 5.00 Å². The van der Waals surface area contributed by atoms with Crippen LogP contribution in [0.1, 0.15) is 18.4 Å². The van der Waals surface area contributed by atoms with Crippen molar-refractivity contribution in [2.45, 2.75) is 20.0 Å². The van der Waals surface area contributed by atoms with Gasteiger partial charge in [0.05, 0.1) is 12.8 Å². The zero-order valence-corrected chi connectivity index (χ0v) is 10.8. The molecule has 0 aliphatic carbocycles. The molecular formula is C11H16N4OS. The van der Waals surface area contributed by atoms with Gasteiger partial charge in [-0.3, -0.25) is 4.90 Å². The van der Waals surface area contributed by atoms with Gasteiger partial charge >= 0.3 is 0 Å². The first kappa shape index (κ1) is 12.1. The van der Waals surface area contributed by atoms with Crippen LogP contribution in [0, 0.1) is 0 Å². The van der Waals surface area contributed by atoms with Crippen LogP contribution in [0.25, 0.3) is 0 Å². The van der Waals surface area contributed by atoms with E-state index in [4.69, 9.17) is 4.42 Å². The van der Waals surface area contributed by atoms with Crippen molar-refractivity contribution in [3.05, 3.63) is 29.9 Å². The van der Waals surface area contributed by atoms with Crippen molar-refractivity contribution >= 4 is 16.5 Å². The summed E-state index contributed by atoms with van der Waals surface area (Å²) < 4.78 is 9.31. The first-order chi connectivity index (χ1) is 8.33. The van der Waals surface area contributed by atoms with Gasteiger partial charge < -0.3 is 9.73 Å². The van der Waals surface area contributed by atoms with Crippen molar-refractivity contribution in [1.29, 1.82) is 0 Å². The highest BCUT2D eigenvalue weighted by atomic mass is 32.1. The Morgan fingerprint density at radius 3 is 3.00 bits per heavy atom. The minimum atomic E-state index is 0.782. The van der Waals surface area contributed by atoms with E-state index < -0.39 is 0 Å². The van der Waals surface area contributed by atoms with E-state index in [1.165, 1.54) is 11.5 Å². The molecule has 17 heavy (non-hydrogen) atoms. The van der Waals surface area contributed by atoms with Crippen molar-refractivity contribution in [3.8, 4) is 0 Å². The smallest absolute Gasteiger partial charge is 0.134 e. The van der Waals surface area contributed by atoms with Gasteiger partial charge in [-0.25, -0.2) is 0 Å². The first-order valence-corrected chi connectivity index (χ1v) is 6.34. The lowest BCUT2D eigenvalue weighted by Crippen LogP contribution is -2.22. The fourth-order valence-corrected chi connectivity index (χ4v) is 2.14. The van der Waals surface area contributed by atoms with Gasteiger partial charge in [0, 0.05) is 25.1 Å². The molecule has 0 aliphatic rings. The van der Waals surface area contributed by atoms with E-state index in [0.29, 0.717) is 0 Å². The van der Waals surface area contributed by atoms with Gasteiger partial charge in [0.1, 0.15) is 16.5 Å². The van der Waals surface area contributed by atoms with E-state index in [9.17, 15) is 0 Å². The van der Waals surface area contributed by atoms with Crippen LogP contribution >= 0.6 is 11.5 Å². The zero-order chi connectivity index (χ0) is 12.1. The molecule has 2 aromatic heterocycles. The molecule has 0 fully saturated rings. The molecule has 0 saturated heterocycles. The maximum atomic E-state index is 5.35. The first-order valence-electron chi connectivity index (χ1n) is 5.57. The molecule has 0 atom stereocenters. The summed E-state index contributed by atoms with van der Waals surface area (Å²) in [7, 11) is 1.89. The molecule has 0 saturated carbocycles. The highest BCUT2D eigenvalue weighted by Crippen LogP contribution is 2.19. The van der Waals surface area contributed by atoms with Crippen LogP contribution in [-0.2, 0) is 13.1 Å². The van der Waals surface area contributed by atoms with Crippen molar-refractivity contribution in [3.63, 3.8) is 0 Å². The molecule has 0 unspecified atom stereocenters. The molecule has 0 amide bonds. The van der Waals surface area contributed by atoms with Crippen LogP contribution in [0.5, 0.6) is 0 Å². The average Bonchev–Trinajstić information content (AvgIpc) is 2.99. The second-order valence-electron chi connectivity index (χ2n) is 3.68. The van der Waals surface area contributed by atoms with E-state index in [-0.39, 0.29) is 0 Å². The zero-order valence-electron chi connectivity index (χ0n) is 10.0. The summed E-state index contributed by atoms with van der Waals surface area (Å²) in [5.74, 6) is 0.973. The van der Waals surface area contributed by atoms with E-state index in [1.54, 1.807) is 6.26 Å². The predicted octanol–water partition coefficient (Wildman–Crippen LogP) is 2.19. The number of aromatic nitrogens is 2. The fraction of sp³-hybridized carbons (Fsp3) is 0.455. The van der Waals surface area contributed by atoms with E-state index in [2.05, 4.69) is 26.7 Å². The molecule has 2 heterocycles. The Balaban J connectivity index is 2.00. The summed E-state index contributed by atoms with van der Waals surface area (Å²) in [6.07, 6.45) is 1.70. The van der Waals surface area contributed by atoms with Crippen LogP contribution in [0.3, 0.4) is 0 Å². The van der Waals surface area contributed by atoms with E-state index >= 15 is 0 Å². The van der Waals surface area contributed by atoms with Crippen LogP contribution in [0.15, 0.2) is 22.8 Å². The van der Waals surface area contributed by atoms with Crippen molar-refractivity contribution in [1.82, 2.24) is 14.5 Å². The highest BCUT2D eigenvalue weighted by Gasteiger charge is 2.12. The largest absolute Gasteiger partial charge is 0.468 e. The molecule has 92 valence electrons. The van der Waals surface area contributed by atoms with E-state index in [0.717, 1.165) is 36.1 Å². The second kappa shape index (κ2) is 5.79. The Morgan fingerprint density at radius 2 is 2.35 bits per heavy atom. The predicted molar refractivity (Wildman–Crippen MR) is 68.0 cm³/mol. The Morgan fingerprint density at radius 1 is 1.47 bits per heavy atom. The third-order valence-corrected chi connectivity index (χ3v) is 3.35. The molecule has 0 spiro atoms. The molecule has 0 bridgehead atoms. The van der Waals surface area contributed by atoms with Gasteiger partial charge in [-0.05, 0) is 18.7 Å². The Labute approximate surface area is 105 Å². The summed E-state index contributed by atoms with van der Waals surface area (Å²) in [5, 5.41) is 8.28. The molecule has 6 heteroatoms. The van der Waals surface area contributed by atoms with Crippen molar-refractivity contribution in [2.24, 2.45) is 0 Å². The second-order valence-corrected chi connectivity index (χ2v) is 4.44. The number of hydrogen-bond donors (Lipinski definition) is 1. The fourth-order valence-electron chi connectivity index (χ4n) is 1.62. The lowest BCUT2D eigenvalue weighted by molar-refractivity contribution is 0.245. The summed E-state index contributed by atoms with van der Waals surface area (Å²) in [5.41, 5.74) is 0.992. The monoisotopic (exact) mass is 252 g/mol. The number of rotatable bonds is 6. The van der Waals surface area contributed by atoms with Gasteiger partial charge in [-0.2, -0.15) is 0 Å². The van der Waals surface area contributed by atoms with Crippen LogP contribution in [-0.4, -0.2) is 28.1 Å². The third-order valence-electron chi connectivity index (χ3n) is 2.56. The third kappa shape index (κ3) is 3.04. The van der Waals surface area contributed by atoms with Gasteiger partial charge in [-0.1, -0.05) is 11.4 Å². The number of hydrogen-bond acceptors (Lipinski definition) is 6. The molecular weight excluding hydrogens is 236 g/mol. The Hall–Kier alpha value is -1.40. The highest BCUT2D eigenvalue weighted by molar-refractivity contribution is 7.10. The van der Waals surface area contributed by atoms with Gasteiger partial charge in [0.15, 0.2) is 0 Å². The number of furan rings is 1. The van der Waals surface area contributed by atoms with Gasteiger partial charge in [0.25, 0.3) is 0 Å². The Kier molecular flexibility index (Phi) is 4.11. The molecule has 1 N–H and O–H groups in total. The summed E-state index contributed by atoms with van der Waals surface area (Å²) in [6.45, 7) is 4.65. The van der Waals surface area contributed by atoms with E-state index in [1.807, 2.05) is 19.2 Å². The topological polar surface area (TPSA) is 54.2 Å². The van der Waals surface area contributed by atoms with Gasteiger partial charge in [-0.15, -0.1) is 5.10 Å². The van der Waals surface area contributed by atoms with Gasteiger partial charge in [0.2, 0.25) is 0 Å².